The van der Waals surface area contributed by atoms with Gasteiger partial charge in [0.1, 0.15) is 4.90 Å². The van der Waals surface area contributed by atoms with Crippen molar-refractivity contribution in [1.29, 1.82) is 0 Å². The Morgan fingerprint density at radius 3 is 2.33 bits per heavy atom. The number of sulfonamides is 1. The molecule has 0 bridgehead atoms. The Morgan fingerprint density at radius 2 is 1.89 bits per heavy atom. The molecule has 0 aliphatic heterocycles. The monoisotopic (exact) mass is 291 g/mol. The molecule has 0 heterocycles. The molecule has 18 heavy (non-hydrogen) atoms. The summed E-state index contributed by atoms with van der Waals surface area (Å²) in [5.74, 6) is -1.19. The van der Waals surface area contributed by atoms with Crippen LogP contribution in [0.4, 0.5) is 0 Å². The van der Waals surface area contributed by atoms with Crippen molar-refractivity contribution < 1.29 is 18.3 Å². The van der Waals surface area contributed by atoms with Gasteiger partial charge in [-0.25, -0.2) is 13.2 Å². The van der Waals surface area contributed by atoms with Gasteiger partial charge in [-0.1, -0.05) is 25.4 Å². The van der Waals surface area contributed by atoms with E-state index in [9.17, 15) is 13.2 Å². The Hall–Kier alpha value is -1.11. The predicted octanol–water partition coefficient (Wildman–Crippen LogP) is 2.07. The minimum absolute atomic E-state index is 0.0203. The Labute approximate surface area is 111 Å². The zero-order valence-electron chi connectivity index (χ0n) is 10.1. The van der Waals surface area contributed by atoms with Crippen LogP contribution in [0.3, 0.4) is 0 Å². The Kier molecular flexibility index (Phi) is 4.72. The maximum absolute atomic E-state index is 12.2. The largest absolute Gasteiger partial charge is 0.478 e. The average Bonchev–Trinajstić information content (AvgIpc) is 2.30. The van der Waals surface area contributed by atoms with Crippen LogP contribution in [0.5, 0.6) is 0 Å². The number of hydrogen-bond acceptors (Lipinski definition) is 3. The van der Waals surface area contributed by atoms with Gasteiger partial charge in [-0.05, 0) is 18.2 Å². The van der Waals surface area contributed by atoms with Gasteiger partial charge in [0.05, 0.1) is 10.6 Å². The molecule has 1 aromatic carbocycles. The normalized spacial score (nSPS) is 11.8. The lowest BCUT2D eigenvalue weighted by Crippen LogP contribution is -2.31. The molecule has 0 atom stereocenters. The molecule has 0 radical (unpaired) electrons. The van der Waals surface area contributed by atoms with E-state index in [0.717, 1.165) is 6.07 Å². The molecule has 1 rings (SSSR count). The summed E-state index contributed by atoms with van der Waals surface area (Å²) in [6.45, 7) is 4.00. The molecular formula is C11H14ClNO4S. The zero-order valence-corrected chi connectivity index (χ0v) is 11.6. The second-order valence-electron chi connectivity index (χ2n) is 3.54. The summed E-state index contributed by atoms with van der Waals surface area (Å²) in [5, 5.41) is 8.89. The van der Waals surface area contributed by atoms with Crippen LogP contribution in [0.25, 0.3) is 0 Å². The lowest BCUT2D eigenvalue weighted by atomic mass is 10.2. The molecule has 0 fully saturated rings. The van der Waals surface area contributed by atoms with Gasteiger partial charge in [0, 0.05) is 13.1 Å². The van der Waals surface area contributed by atoms with E-state index in [1.807, 2.05) is 0 Å². The molecule has 0 saturated heterocycles. The van der Waals surface area contributed by atoms with Gasteiger partial charge in [0.25, 0.3) is 0 Å². The molecule has 5 nitrogen and oxygen atoms in total. The van der Waals surface area contributed by atoms with Crippen LogP contribution < -0.4 is 0 Å². The van der Waals surface area contributed by atoms with E-state index in [2.05, 4.69) is 0 Å². The third-order valence-electron chi connectivity index (χ3n) is 2.50. The summed E-state index contributed by atoms with van der Waals surface area (Å²) < 4.78 is 25.7. The van der Waals surface area contributed by atoms with Crippen molar-refractivity contribution in [2.24, 2.45) is 0 Å². The fourth-order valence-corrected chi connectivity index (χ4v) is 3.50. The first-order valence-electron chi connectivity index (χ1n) is 5.37. The second-order valence-corrected chi connectivity index (χ2v) is 5.85. The number of carboxylic acids is 1. The molecule has 0 saturated carbocycles. The molecule has 0 spiro atoms. The molecule has 1 aromatic rings. The quantitative estimate of drug-likeness (QED) is 0.901. The third kappa shape index (κ3) is 2.82. The number of aromatic carboxylic acids is 1. The number of rotatable bonds is 5. The molecule has 0 aliphatic rings. The highest BCUT2D eigenvalue weighted by Crippen LogP contribution is 2.25. The Morgan fingerprint density at radius 1 is 1.33 bits per heavy atom. The van der Waals surface area contributed by atoms with Crippen molar-refractivity contribution in [3.63, 3.8) is 0 Å². The molecule has 0 aromatic heterocycles. The van der Waals surface area contributed by atoms with Crippen LogP contribution in [0, 0.1) is 0 Å². The summed E-state index contributed by atoms with van der Waals surface area (Å²) in [7, 11) is -3.75. The molecule has 1 N–H and O–H groups in total. The molecule has 0 aliphatic carbocycles. The fraction of sp³-hybridized carbons (Fsp3) is 0.364. The van der Waals surface area contributed by atoms with Gasteiger partial charge in [0.2, 0.25) is 10.0 Å². The summed E-state index contributed by atoms with van der Waals surface area (Å²) in [6, 6.07) is 3.63. The van der Waals surface area contributed by atoms with Gasteiger partial charge in [0.15, 0.2) is 0 Å². The lowest BCUT2D eigenvalue weighted by Gasteiger charge is -2.19. The van der Waals surface area contributed by atoms with Gasteiger partial charge in [-0.3, -0.25) is 0 Å². The zero-order chi connectivity index (χ0) is 13.9. The third-order valence-corrected chi connectivity index (χ3v) is 5.03. The fourth-order valence-electron chi connectivity index (χ4n) is 1.54. The highest BCUT2D eigenvalue weighted by atomic mass is 35.5. The minimum Gasteiger partial charge on any atom is -0.478 e. The Balaban J connectivity index is 3.40. The molecule has 0 amide bonds. The number of nitrogens with zero attached hydrogens (tertiary/aromatic N) is 1. The van der Waals surface area contributed by atoms with E-state index in [1.165, 1.54) is 16.4 Å². The van der Waals surface area contributed by atoms with Crippen molar-refractivity contribution in [3.05, 3.63) is 28.8 Å². The van der Waals surface area contributed by atoms with E-state index in [1.54, 1.807) is 13.8 Å². The average molecular weight is 292 g/mol. The second kappa shape index (κ2) is 5.69. The molecule has 0 unspecified atom stereocenters. The minimum atomic E-state index is -3.75. The number of halogens is 1. The first kappa shape index (κ1) is 14.9. The van der Waals surface area contributed by atoms with Crippen LogP contribution in [0.15, 0.2) is 23.1 Å². The smallest absolute Gasteiger partial charge is 0.335 e. The van der Waals surface area contributed by atoms with E-state index in [-0.39, 0.29) is 15.5 Å². The molecular weight excluding hydrogens is 278 g/mol. The van der Waals surface area contributed by atoms with E-state index in [0.29, 0.717) is 13.1 Å². The summed E-state index contributed by atoms with van der Waals surface area (Å²) in [5.41, 5.74) is -0.106. The highest BCUT2D eigenvalue weighted by Gasteiger charge is 2.25. The highest BCUT2D eigenvalue weighted by molar-refractivity contribution is 7.89. The van der Waals surface area contributed by atoms with Gasteiger partial charge in [-0.2, -0.15) is 4.31 Å². The van der Waals surface area contributed by atoms with Crippen LogP contribution in [-0.2, 0) is 10.0 Å². The maximum Gasteiger partial charge on any atom is 0.335 e. The van der Waals surface area contributed by atoms with E-state index < -0.39 is 16.0 Å². The van der Waals surface area contributed by atoms with Crippen LogP contribution >= 0.6 is 11.6 Å². The summed E-state index contributed by atoms with van der Waals surface area (Å²) in [4.78, 5) is 10.7. The first-order valence-corrected chi connectivity index (χ1v) is 7.19. The van der Waals surface area contributed by atoms with Gasteiger partial charge < -0.3 is 5.11 Å². The maximum atomic E-state index is 12.2. The number of carboxylic acid groups (broad SMARTS) is 1. The molecule has 100 valence electrons. The lowest BCUT2D eigenvalue weighted by molar-refractivity contribution is 0.0696. The van der Waals surface area contributed by atoms with Gasteiger partial charge in [-0.15, -0.1) is 0 Å². The van der Waals surface area contributed by atoms with Crippen molar-refractivity contribution in [2.45, 2.75) is 18.7 Å². The number of hydrogen-bond donors (Lipinski definition) is 1. The number of benzene rings is 1. The SMILES string of the molecule is CCN(CC)S(=O)(=O)c1cc(C(=O)O)ccc1Cl. The topological polar surface area (TPSA) is 74.7 Å². The predicted molar refractivity (Wildman–Crippen MR) is 68.5 cm³/mol. The van der Waals surface area contributed by atoms with Crippen molar-refractivity contribution in [2.75, 3.05) is 13.1 Å². The first-order chi connectivity index (χ1) is 8.34. The summed E-state index contributed by atoms with van der Waals surface area (Å²) >= 11 is 5.84. The van der Waals surface area contributed by atoms with Crippen LogP contribution in [-0.4, -0.2) is 36.9 Å². The standard InChI is InChI=1S/C11H14ClNO4S/c1-3-13(4-2)18(16,17)10-7-8(11(14)15)5-6-9(10)12/h5-7H,3-4H2,1-2H3,(H,14,15). The van der Waals surface area contributed by atoms with E-state index >= 15 is 0 Å². The van der Waals surface area contributed by atoms with Crippen LogP contribution in [0.2, 0.25) is 5.02 Å². The Bertz CT molecular complexity index is 552. The van der Waals surface area contributed by atoms with Crippen molar-refractivity contribution >= 4 is 27.6 Å². The van der Waals surface area contributed by atoms with Crippen LogP contribution in [0.1, 0.15) is 24.2 Å². The summed E-state index contributed by atoms with van der Waals surface area (Å²) in [6.07, 6.45) is 0. The van der Waals surface area contributed by atoms with Crippen molar-refractivity contribution in [1.82, 2.24) is 4.31 Å². The van der Waals surface area contributed by atoms with Crippen molar-refractivity contribution in [3.8, 4) is 0 Å². The van der Waals surface area contributed by atoms with E-state index in [4.69, 9.17) is 16.7 Å². The van der Waals surface area contributed by atoms with Gasteiger partial charge >= 0.3 is 5.97 Å². The molecule has 7 heteroatoms. The number of carbonyl (C=O) groups is 1.